The van der Waals surface area contributed by atoms with Crippen molar-refractivity contribution in [2.45, 2.75) is 69.4 Å². The number of hydrogen-bond donors (Lipinski definition) is 1. The predicted octanol–water partition coefficient (Wildman–Crippen LogP) is 6.86. The summed E-state index contributed by atoms with van der Waals surface area (Å²) in [6.45, 7) is 15.0. The van der Waals surface area contributed by atoms with Gasteiger partial charge in [-0.2, -0.15) is 0 Å². The Bertz CT molecular complexity index is 683. The molecule has 2 aliphatic rings. The van der Waals surface area contributed by atoms with Gasteiger partial charge in [-0.3, -0.25) is 0 Å². The van der Waals surface area contributed by atoms with Crippen LogP contribution in [0.25, 0.3) is 5.57 Å². The van der Waals surface area contributed by atoms with Gasteiger partial charge in [0.15, 0.2) is 0 Å². The van der Waals surface area contributed by atoms with E-state index in [0.29, 0.717) is 5.37 Å². The van der Waals surface area contributed by atoms with Gasteiger partial charge in [-0.1, -0.05) is 56.9 Å². The zero-order chi connectivity index (χ0) is 18.5. The van der Waals surface area contributed by atoms with Gasteiger partial charge in [0.25, 0.3) is 0 Å². The van der Waals surface area contributed by atoms with E-state index in [9.17, 15) is 0 Å². The Labute approximate surface area is 164 Å². The molecule has 0 bridgehead atoms. The smallest absolute Gasteiger partial charge is 0.0763 e. The molecule has 1 aliphatic heterocycles. The lowest BCUT2D eigenvalue weighted by molar-refractivity contribution is 0.359. The zero-order valence-electron chi connectivity index (χ0n) is 16.3. The lowest BCUT2D eigenvalue weighted by Crippen LogP contribution is -2.30. The Balaban J connectivity index is 1.57. The maximum Gasteiger partial charge on any atom is 0.0763 e. The molecule has 140 valence electrons. The molecule has 0 amide bonds. The second kappa shape index (κ2) is 8.99. The molecule has 0 radical (unpaired) electrons. The largest absolute Gasteiger partial charge is 0.377 e. The molecule has 1 aromatic carbocycles. The van der Waals surface area contributed by atoms with Crippen LogP contribution in [-0.2, 0) is 12.2 Å². The highest BCUT2D eigenvalue weighted by molar-refractivity contribution is 7.99. The van der Waals surface area contributed by atoms with E-state index >= 15 is 0 Å². The van der Waals surface area contributed by atoms with Crippen LogP contribution in [0.4, 0.5) is 0 Å². The Morgan fingerprint density at radius 3 is 2.69 bits per heavy atom. The molecule has 3 rings (SSSR count). The number of hydrogen-bond acceptors (Lipinski definition) is 2. The third-order valence-corrected chi connectivity index (χ3v) is 7.08. The summed E-state index contributed by atoms with van der Waals surface area (Å²) in [5, 5.41) is 4.01. The fraction of sp³-hybridized carbons (Fsp3) is 0.500. The minimum Gasteiger partial charge on any atom is -0.377 e. The molecule has 0 saturated heterocycles. The topological polar surface area (TPSA) is 12.0 Å². The maximum atomic E-state index is 4.42. The summed E-state index contributed by atoms with van der Waals surface area (Å²) in [6, 6.07) is 6.75. The van der Waals surface area contributed by atoms with Gasteiger partial charge in [0.1, 0.15) is 0 Å². The standard InChI is InChI=1S/C24H33NS/c1-5-19(4)25-24-15-21-13-8-14-22(23(21)16-26-24)18(3)10-6-9-17(2)20-11-7-12-20/h8,13-14,20,24-25H,2-7,9-12,15-16H2,1H3. The highest BCUT2D eigenvalue weighted by atomic mass is 32.2. The number of fused-ring (bicyclic) bond motifs is 1. The average Bonchev–Trinajstić information content (AvgIpc) is 2.59. The molecule has 0 spiro atoms. The van der Waals surface area contributed by atoms with Crippen LogP contribution in [0.5, 0.6) is 0 Å². The molecule has 26 heavy (non-hydrogen) atoms. The molecule has 1 nitrogen and oxygen atoms in total. The Morgan fingerprint density at radius 1 is 1.19 bits per heavy atom. The third-order valence-electron chi connectivity index (χ3n) is 5.94. The van der Waals surface area contributed by atoms with E-state index in [-0.39, 0.29) is 0 Å². The summed E-state index contributed by atoms with van der Waals surface area (Å²) >= 11 is 2.00. The second-order valence-electron chi connectivity index (χ2n) is 7.79. The molecule has 1 fully saturated rings. The Hall–Kier alpha value is -1.41. The van der Waals surface area contributed by atoms with Crippen molar-refractivity contribution in [3.63, 3.8) is 0 Å². The summed E-state index contributed by atoms with van der Waals surface area (Å²) in [5.74, 6) is 1.87. The van der Waals surface area contributed by atoms with Crippen molar-refractivity contribution < 1.29 is 0 Å². The van der Waals surface area contributed by atoms with Gasteiger partial charge in [0, 0.05) is 17.9 Å². The lowest BCUT2D eigenvalue weighted by Gasteiger charge is -2.29. The Morgan fingerprint density at radius 2 is 2.00 bits per heavy atom. The molecular weight excluding hydrogens is 334 g/mol. The number of nitrogens with one attached hydrogen (secondary N) is 1. The third kappa shape index (κ3) is 4.65. The fourth-order valence-electron chi connectivity index (χ4n) is 3.88. The van der Waals surface area contributed by atoms with E-state index in [4.69, 9.17) is 0 Å². The van der Waals surface area contributed by atoms with E-state index < -0.39 is 0 Å². The van der Waals surface area contributed by atoms with Crippen LogP contribution in [0.2, 0.25) is 0 Å². The molecule has 0 aromatic heterocycles. The zero-order valence-corrected chi connectivity index (χ0v) is 17.1. The van der Waals surface area contributed by atoms with Crippen LogP contribution in [0, 0.1) is 5.92 Å². The second-order valence-corrected chi connectivity index (χ2v) is 8.98. The Kier molecular flexibility index (Phi) is 6.69. The molecule has 1 N–H and O–H groups in total. The van der Waals surface area contributed by atoms with Crippen molar-refractivity contribution >= 4 is 17.3 Å². The van der Waals surface area contributed by atoms with E-state index in [1.54, 1.807) is 0 Å². The van der Waals surface area contributed by atoms with Gasteiger partial charge in [-0.15, -0.1) is 11.8 Å². The molecular formula is C24H33NS. The van der Waals surface area contributed by atoms with Crippen molar-refractivity contribution in [1.82, 2.24) is 5.32 Å². The highest BCUT2D eigenvalue weighted by Crippen LogP contribution is 2.37. The van der Waals surface area contributed by atoms with Gasteiger partial charge in [-0.25, -0.2) is 0 Å². The van der Waals surface area contributed by atoms with Crippen molar-refractivity contribution in [3.8, 4) is 0 Å². The fourth-order valence-corrected chi connectivity index (χ4v) is 5.13. The van der Waals surface area contributed by atoms with E-state index in [1.807, 2.05) is 11.8 Å². The number of rotatable bonds is 9. The minimum absolute atomic E-state index is 0.448. The lowest BCUT2D eigenvalue weighted by atomic mass is 9.78. The van der Waals surface area contributed by atoms with Crippen molar-refractivity contribution in [3.05, 3.63) is 65.9 Å². The van der Waals surface area contributed by atoms with Crippen LogP contribution in [0.3, 0.4) is 0 Å². The maximum absolute atomic E-state index is 4.42. The molecule has 1 aromatic rings. The predicted molar refractivity (Wildman–Crippen MR) is 117 cm³/mol. The first-order valence-corrected chi connectivity index (χ1v) is 11.2. The molecule has 1 heterocycles. The number of allylic oxidation sites excluding steroid dienone is 3. The molecule has 1 unspecified atom stereocenters. The molecule has 1 atom stereocenters. The van der Waals surface area contributed by atoms with Crippen LogP contribution >= 0.6 is 11.8 Å². The summed E-state index contributed by atoms with van der Waals surface area (Å²) in [7, 11) is 0. The summed E-state index contributed by atoms with van der Waals surface area (Å²) < 4.78 is 0. The average molecular weight is 368 g/mol. The number of benzene rings is 1. The first-order valence-electron chi connectivity index (χ1n) is 10.1. The van der Waals surface area contributed by atoms with Crippen molar-refractivity contribution in [2.75, 3.05) is 0 Å². The molecule has 1 aliphatic carbocycles. The summed E-state index contributed by atoms with van der Waals surface area (Å²) in [4.78, 5) is 0. The first kappa shape index (κ1) is 19.4. The first-order chi connectivity index (χ1) is 12.6. The van der Waals surface area contributed by atoms with E-state index in [1.165, 1.54) is 59.9 Å². The normalized spacial score (nSPS) is 19.3. The van der Waals surface area contributed by atoms with Gasteiger partial charge in [0.2, 0.25) is 0 Å². The van der Waals surface area contributed by atoms with Gasteiger partial charge in [0.05, 0.1) is 5.37 Å². The number of thioether (sulfide) groups is 1. The highest BCUT2D eigenvalue weighted by Gasteiger charge is 2.22. The summed E-state index contributed by atoms with van der Waals surface area (Å²) in [5.41, 5.74) is 8.27. The van der Waals surface area contributed by atoms with Gasteiger partial charge in [-0.05, 0) is 66.7 Å². The van der Waals surface area contributed by atoms with E-state index in [0.717, 1.165) is 36.6 Å². The van der Waals surface area contributed by atoms with Crippen LogP contribution in [-0.4, -0.2) is 5.37 Å². The van der Waals surface area contributed by atoms with E-state index in [2.05, 4.69) is 50.2 Å². The monoisotopic (exact) mass is 367 g/mol. The van der Waals surface area contributed by atoms with Crippen LogP contribution in [0.1, 0.15) is 68.6 Å². The van der Waals surface area contributed by atoms with Gasteiger partial charge >= 0.3 is 0 Å². The summed E-state index contributed by atoms with van der Waals surface area (Å²) in [6.07, 6.45) is 9.62. The SMILES string of the molecule is C=C(CC)NC1Cc2cccc(C(=C)CCCC(=C)C3CCC3)c2CS1. The van der Waals surface area contributed by atoms with Crippen molar-refractivity contribution in [1.29, 1.82) is 0 Å². The van der Waals surface area contributed by atoms with Crippen LogP contribution < -0.4 is 5.32 Å². The van der Waals surface area contributed by atoms with Crippen molar-refractivity contribution in [2.24, 2.45) is 5.92 Å². The molecule has 2 heteroatoms. The van der Waals surface area contributed by atoms with Crippen LogP contribution in [0.15, 0.2) is 49.2 Å². The quantitative estimate of drug-likeness (QED) is 0.479. The van der Waals surface area contributed by atoms with Gasteiger partial charge < -0.3 is 5.32 Å². The minimum atomic E-state index is 0.448. The molecule has 1 saturated carbocycles.